The first-order valence-corrected chi connectivity index (χ1v) is 10.2. The van der Waals surface area contributed by atoms with Crippen LogP contribution >= 0.6 is 0 Å². The highest BCUT2D eigenvalue weighted by molar-refractivity contribution is 5.95. The van der Waals surface area contributed by atoms with Crippen LogP contribution in [0.25, 0.3) is 5.65 Å². The molecule has 9 heteroatoms. The van der Waals surface area contributed by atoms with E-state index in [9.17, 15) is 18.7 Å². The average Bonchev–Trinajstić information content (AvgIpc) is 3.06. The molecule has 0 unspecified atom stereocenters. The second kappa shape index (κ2) is 9.82. The minimum absolute atomic E-state index is 0.0643. The number of aliphatic hydroxyl groups excluding tert-OH is 1. The zero-order chi connectivity index (χ0) is 22.5. The van der Waals surface area contributed by atoms with Gasteiger partial charge in [-0.15, -0.1) is 0 Å². The summed E-state index contributed by atoms with van der Waals surface area (Å²) >= 11 is 0. The third-order valence-corrected chi connectivity index (χ3v) is 4.96. The molecule has 2 aromatic heterocycles. The molecule has 166 valence electrons. The van der Waals surface area contributed by atoms with Crippen molar-refractivity contribution in [2.75, 3.05) is 6.61 Å². The van der Waals surface area contributed by atoms with Crippen molar-refractivity contribution in [3.63, 3.8) is 0 Å². The number of ether oxygens (including phenoxy) is 1. The van der Waals surface area contributed by atoms with Crippen molar-refractivity contribution in [1.29, 1.82) is 0 Å². The number of aliphatic hydroxyl groups is 1. The molecular formula is C22H26F2N4O3. The maximum Gasteiger partial charge on any atom is 0.270 e. The lowest BCUT2D eigenvalue weighted by Crippen LogP contribution is -2.38. The Morgan fingerprint density at radius 2 is 1.97 bits per heavy atom. The number of carbonyl (C=O) groups is 1. The SMILES string of the molecule is CCCC[C@H](CO)NC(=O)c1c(C)nc2c(OCc3c(F)cccc3F)nc(C)cn12. The lowest BCUT2D eigenvalue weighted by atomic mass is 10.1. The summed E-state index contributed by atoms with van der Waals surface area (Å²) in [5.74, 6) is -1.75. The topological polar surface area (TPSA) is 88.8 Å². The van der Waals surface area contributed by atoms with E-state index in [-0.39, 0.29) is 47.9 Å². The number of imidazole rings is 1. The maximum absolute atomic E-state index is 13.9. The zero-order valence-electron chi connectivity index (χ0n) is 17.8. The quantitative estimate of drug-likeness (QED) is 0.540. The Labute approximate surface area is 179 Å². The van der Waals surface area contributed by atoms with Crippen molar-refractivity contribution in [1.82, 2.24) is 19.7 Å². The maximum atomic E-state index is 13.9. The normalized spacial score (nSPS) is 12.2. The number of aromatic nitrogens is 3. The fourth-order valence-corrected chi connectivity index (χ4v) is 3.34. The number of aryl methyl sites for hydroxylation is 2. The molecule has 3 rings (SSSR count). The highest BCUT2D eigenvalue weighted by Gasteiger charge is 2.22. The van der Waals surface area contributed by atoms with Crippen LogP contribution in [0.5, 0.6) is 5.88 Å². The summed E-state index contributed by atoms with van der Waals surface area (Å²) in [6.07, 6.45) is 4.14. The zero-order valence-corrected chi connectivity index (χ0v) is 17.8. The highest BCUT2D eigenvalue weighted by Crippen LogP contribution is 2.23. The van der Waals surface area contributed by atoms with Gasteiger partial charge in [-0.2, -0.15) is 0 Å². The molecule has 0 spiro atoms. The molecule has 0 saturated carbocycles. The van der Waals surface area contributed by atoms with Crippen LogP contribution in [0.1, 0.15) is 53.6 Å². The first kappa shape index (κ1) is 22.6. The first-order chi connectivity index (χ1) is 14.8. The van der Waals surface area contributed by atoms with E-state index in [1.54, 1.807) is 24.4 Å². The van der Waals surface area contributed by atoms with Crippen LogP contribution in [0.3, 0.4) is 0 Å². The van der Waals surface area contributed by atoms with E-state index < -0.39 is 11.6 Å². The molecule has 1 aromatic carbocycles. The van der Waals surface area contributed by atoms with E-state index in [1.165, 1.54) is 6.07 Å². The van der Waals surface area contributed by atoms with Crippen molar-refractivity contribution in [2.24, 2.45) is 0 Å². The summed E-state index contributed by atoms with van der Waals surface area (Å²) < 4.78 is 35.0. The second-order valence-corrected chi connectivity index (χ2v) is 7.41. The van der Waals surface area contributed by atoms with Crippen molar-refractivity contribution in [2.45, 2.75) is 52.7 Å². The van der Waals surface area contributed by atoms with E-state index in [0.29, 0.717) is 17.8 Å². The number of fused-ring (bicyclic) bond motifs is 1. The summed E-state index contributed by atoms with van der Waals surface area (Å²) in [6, 6.07) is 3.22. The molecule has 0 aliphatic rings. The van der Waals surface area contributed by atoms with Crippen LogP contribution in [0, 0.1) is 25.5 Å². The number of benzene rings is 1. The van der Waals surface area contributed by atoms with Crippen molar-refractivity contribution in [3.05, 3.63) is 58.7 Å². The third kappa shape index (κ3) is 4.99. The van der Waals surface area contributed by atoms with Gasteiger partial charge in [0.15, 0.2) is 0 Å². The van der Waals surface area contributed by atoms with Crippen molar-refractivity contribution >= 4 is 11.6 Å². The van der Waals surface area contributed by atoms with Crippen LogP contribution in [0.2, 0.25) is 0 Å². The minimum atomic E-state index is -0.717. The smallest absolute Gasteiger partial charge is 0.270 e. The molecule has 0 aliphatic carbocycles. The van der Waals surface area contributed by atoms with Crippen LogP contribution in [-0.4, -0.2) is 38.0 Å². The molecule has 0 radical (unpaired) electrons. The molecular weight excluding hydrogens is 406 g/mol. The average molecular weight is 432 g/mol. The van der Waals surface area contributed by atoms with Gasteiger partial charge in [0, 0.05) is 6.20 Å². The standard InChI is InChI=1S/C22H26F2N4O3/c1-4-5-7-15(11-29)27-21(30)19-14(3)26-20-22(25-13(2)10-28(19)20)31-12-16-17(23)8-6-9-18(16)24/h6,8-10,15,29H,4-5,7,11-12H2,1-3H3,(H,27,30)/t15-/m1/s1. The summed E-state index contributed by atoms with van der Waals surface area (Å²) in [4.78, 5) is 21.6. The van der Waals surface area contributed by atoms with E-state index >= 15 is 0 Å². The van der Waals surface area contributed by atoms with Gasteiger partial charge in [0.25, 0.3) is 11.8 Å². The number of unbranched alkanes of at least 4 members (excludes halogenated alkanes) is 1. The second-order valence-electron chi connectivity index (χ2n) is 7.41. The van der Waals surface area contributed by atoms with E-state index in [4.69, 9.17) is 4.74 Å². The van der Waals surface area contributed by atoms with Gasteiger partial charge in [0.2, 0.25) is 5.65 Å². The summed E-state index contributed by atoms with van der Waals surface area (Å²) in [5.41, 5.74) is 1.31. The van der Waals surface area contributed by atoms with Gasteiger partial charge < -0.3 is 15.2 Å². The summed E-state index contributed by atoms with van der Waals surface area (Å²) in [5, 5.41) is 12.4. The third-order valence-electron chi connectivity index (χ3n) is 4.96. The first-order valence-electron chi connectivity index (χ1n) is 10.2. The molecule has 2 heterocycles. The molecule has 3 aromatic rings. The highest BCUT2D eigenvalue weighted by atomic mass is 19.1. The fraction of sp³-hybridized carbons (Fsp3) is 0.409. The molecule has 7 nitrogen and oxygen atoms in total. The van der Waals surface area contributed by atoms with E-state index in [1.807, 2.05) is 6.92 Å². The summed E-state index contributed by atoms with van der Waals surface area (Å²) in [7, 11) is 0. The lowest BCUT2D eigenvalue weighted by molar-refractivity contribution is 0.0905. The molecule has 0 aliphatic heterocycles. The summed E-state index contributed by atoms with van der Waals surface area (Å²) in [6.45, 7) is 4.89. The largest absolute Gasteiger partial charge is 0.470 e. The van der Waals surface area contributed by atoms with E-state index in [2.05, 4.69) is 15.3 Å². The predicted molar refractivity (Wildman–Crippen MR) is 111 cm³/mol. The Morgan fingerprint density at radius 1 is 1.26 bits per heavy atom. The van der Waals surface area contributed by atoms with Crippen molar-refractivity contribution < 1.29 is 23.4 Å². The molecule has 1 amide bonds. The van der Waals surface area contributed by atoms with E-state index in [0.717, 1.165) is 25.0 Å². The molecule has 1 atom stereocenters. The molecule has 0 fully saturated rings. The van der Waals surface area contributed by atoms with Gasteiger partial charge in [0.05, 0.1) is 29.6 Å². The van der Waals surface area contributed by atoms with Gasteiger partial charge in [-0.1, -0.05) is 25.8 Å². The number of halogens is 2. The van der Waals surface area contributed by atoms with Gasteiger partial charge in [0.1, 0.15) is 23.9 Å². The van der Waals surface area contributed by atoms with Gasteiger partial charge in [-0.05, 0) is 32.4 Å². The number of amides is 1. The fourth-order valence-electron chi connectivity index (χ4n) is 3.34. The number of hydrogen-bond donors (Lipinski definition) is 2. The number of carbonyl (C=O) groups excluding carboxylic acids is 1. The van der Waals surface area contributed by atoms with Gasteiger partial charge in [-0.25, -0.2) is 18.7 Å². The number of nitrogens with one attached hydrogen (secondary N) is 1. The van der Waals surface area contributed by atoms with Crippen molar-refractivity contribution in [3.8, 4) is 5.88 Å². The molecule has 2 N–H and O–H groups in total. The Bertz CT molecular complexity index is 1060. The number of nitrogens with zero attached hydrogens (tertiary/aromatic N) is 3. The molecule has 31 heavy (non-hydrogen) atoms. The predicted octanol–water partition coefficient (Wildman–Crippen LogP) is 3.48. The Hall–Kier alpha value is -3.07. The van der Waals surface area contributed by atoms with Gasteiger partial charge >= 0.3 is 0 Å². The van der Waals surface area contributed by atoms with Crippen LogP contribution in [-0.2, 0) is 6.61 Å². The molecule has 0 saturated heterocycles. The Morgan fingerprint density at radius 3 is 2.61 bits per heavy atom. The number of hydrogen-bond acceptors (Lipinski definition) is 5. The Balaban J connectivity index is 1.91. The minimum Gasteiger partial charge on any atom is -0.470 e. The lowest BCUT2D eigenvalue weighted by Gasteiger charge is -2.16. The molecule has 0 bridgehead atoms. The van der Waals surface area contributed by atoms with Gasteiger partial charge in [-0.3, -0.25) is 9.20 Å². The van der Waals surface area contributed by atoms with Crippen LogP contribution in [0.15, 0.2) is 24.4 Å². The monoisotopic (exact) mass is 432 g/mol. The van der Waals surface area contributed by atoms with Crippen LogP contribution in [0.4, 0.5) is 8.78 Å². The van der Waals surface area contributed by atoms with Crippen LogP contribution < -0.4 is 10.1 Å². The number of rotatable bonds is 9. The Kier molecular flexibility index (Phi) is 7.17.